The van der Waals surface area contributed by atoms with Crippen LogP contribution in [0.1, 0.15) is 5.56 Å². The van der Waals surface area contributed by atoms with Crippen LogP contribution in [0.3, 0.4) is 0 Å². The third-order valence-corrected chi connectivity index (χ3v) is 5.23. The molecule has 3 aromatic rings. The van der Waals surface area contributed by atoms with Gasteiger partial charge in [-0.3, -0.25) is 0 Å². The molecular weight excluding hydrogens is 436 g/mol. The smallest absolute Gasteiger partial charge is 0.152 e. The van der Waals surface area contributed by atoms with Crippen LogP contribution in [-0.4, -0.2) is 9.38 Å². The van der Waals surface area contributed by atoms with Crippen molar-refractivity contribution in [2.45, 2.75) is 6.92 Å². The largest absolute Gasteiger partial charge is 0.304 e. The molecule has 2 aromatic heterocycles. The number of pyridine rings is 1. The Hall–Kier alpha value is -0.650. The van der Waals surface area contributed by atoms with Gasteiger partial charge in [0.05, 0.1) is 10.2 Å². The number of halogens is 3. The lowest BCUT2D eigenvalue weighted by molar-refractivity contribution is 1.14. The summed E-state index contributed by atoms with van der Waals surface area (Å²) >= 11 is 10.7. The van der Waals surface area contributed by atoms with Crippen LogP contribution in [0.4, 0.5) is 0 Å². The second-order valence-electron chi connectivity index (χ2n) is 4.28. The van der Waals surface area contributed by atoms with Crippen LogP contribution in [0.5, 0.6) is 0 Å². The first kappa shape index (κ1) is 13.3. The number of imidazole rings is 1. The summed E-state index contributed by atoms with van der Waals surface area (Å²) in [5, 5.41) is 0. The van der Waals surface area contributed by atoms with Gasteiger partial charge in [-0.05, 0) is 56.5 Å². The third kappa shape index (κ3) is 2.39. The quantitative estimate of drug-likeness (QED) is 0.477. The zero-order valence-corrected chi connectivity index (χ0v) is 14.8. The average molecular weight is 445 g/mol. The van der Waals surface area contributed by atoms with Gasteiger partial charge in [-0.25, -0.2) is 4.98 Å². The molecule has 0 radical (unpaired) electrons. The minimum atomic E-state index is 0.927. The fourth-order valence-electron chi connectivity index (χ4n) is 1.93. The third-order valence-electron chi connectivity index (χ3n) is 2.99. The lowest BCUT2D eigenvalue weighted by atomic mass is 10.2. The minimum absolute atomic E-state index is 0.927. The van der Waals surface area contributed by atoms with Crippen molar-refractivity contribution in [2.24, 2.45) is 0 Å². The predicted molar refractivity (Wildman–Crippen MR) is 88.5 cm³/mol. The van der Waals surface area contributed by atoms with Gasteiger partial charge in [-0.15, -0.1) is 0 Å². The molecule has 0 amide bonds. The van der Waals surface area contributed by atoms with E-state index < -0.39 is 0 Å². The van der Waals surface area contributed by atoms with E-state index >= 15 is 0 Å². The zero-order chi connectivity index (χ0) is 13.6. The second-order valence-corrected chi connectivity index (χ2v) is 6.85. The van der Waals surface area contributed by atoms with Gasteiger partial charge in [0.1, 0.15) is 0 Å². The molecule has 0 saturated carbocycles. The number of hydrogen-bond acceptors (Lipinski definition) is 1. The fourth-order valence-corrected chi connectivity index (χ4v) is 3.52. The van der Waals surface area contributed by atoms with Crippen molar-refractivity contribution < 1.29 is 0 Å². The van der Waals surface area contributed by atoms with E-state index in [1.165, 1.54) is 0 Å². The van der Waals surface area contributed by atoms with Gasteiger partial charge in [-0.2, -0.15) is 0 Å². The number of benzene rings is 1. The molecule has 0 N–H and O–H groups in total. The van der Waals surface area contributed by atoms with E-state index in [2.05, 4.69) is 66.8 Å². The van der Waals surface area contributed by atoms with E-state index in [-0.39, 0.29) is 0 Å². The zero-order valence-electron chi connectivity index (χ0n) is 9.99. The Labute approximate surface area is 136 Å². The van der Waals surface area contributed by atoms with E-state index in [4.69, 9.17) is 4.98 Å². The van der Waals surface area contributed by atoms with Gasteiger partial charge in [0.15, 0.2) is 5.65 Å². The van der Waals surface area contributed by atoms with Gasteiger partial charge in [0, 0.05) is 26.9 Å². The predicted octanol–water partition coefficient (Wildman–Crippen LogP) is 5.60. The molecule has 0 fully saturated rings. The Morgan fingerprint density at radius 3 is 2.63 bits per heavy atom. The Bertz CT molecular complexity index is 778. The number of rotatable bonds is 1. The Balaban J connectivity index is 2.25. The molecule has 3 rings (SSSR count). The molecule has 2 nitrogen and oxygen atoms in total. The molecule has 1 aromatic carbocycles. The molecule has 0 saturated heterocycles. The first-order chi connectivity index (χ1) is 9.06. The Morgan fingerprint density at radius 2 is 1.89 bits per heavy atom. The number of hydrogen-bond donors (Lipinski definition) is 0. The normalized spacial score (nSPS) is 11.2. The molecule has 0 bridgehead atoms. The molecule has 0 aliphatic heterocycles. The monoisotopic (exact) mass is 442 g/mol. The summed E-state index contributed by atoms with van der Waals surface area (Å²) in [6.45, 7) is 2.06. The maximum absolute atomic E-state index is 4.70. The maximum atomic E-state index is 4.70. The van der Waals surface area contributed by atoms with E-state index in [0.29, 0.717) is 0 Å². The van der Waals surface area contributed by atoms with Gasteiger partial charge >= 0.3 is 0 Å². The molecular formula is C14H9Br3N2. The van der Waals surface area contributed by atoms with Crippen molar-refractivity contribution in [3.05, 3.63) is 55.6 Å². The standard InChI is InChI=1S/C14H9Br3N2/c1-8-11(16)6-19-7-12(18-14(19)13(8)17)9-3-2-4-10(15)5-9/h2-7H,1H3. The summed E-state index contributed by atoms with van der Waals surface area (Å²) in [7, 11) is 0. The van der Waals surface area contributed by atoms with Crippen molar-refractivity contribution in [1.29, 1.82) is 0 Å². The highest BCUT2D eigenvalue weighted by Gasteiger charge is 2.11. The van der Waals surface area contributed by atoms with E-state index in [1.807, 2.05) is 28.9 Å². The van der Waals surface area contributed by atoms with E-state index in [0.717, 1.165) is 35.9 Å². The summed E-state index contributed by atoms with van der Waals surface area (Å²) < 4.78 is 5.16. The highest BCUT2D eigenvalue weighted by atomic mass is 79.9. The van der Waals surface area contributed by atoms with Crippen LogP contribution in [0.15, 0.2) is 50.1 Å². The summed E-state index contributed by atoms with van der Waals surface area (Å²) in [6.07, 6.45) is 4.07. The lowest BCUT2D eigenvalue weighted by Crippen LogP contribution is -1.88. The SMILES string of the molecule is Cc1c(Br)cn2cc(-c3cccc(Br)c3)nc2c1Br. The highest BCUT2D eigenvalue weighted by molar-refractivity contribution is 9.11. The van der Waals surface area contributed by atoms with E-state index in [9.17, 15) is 0 Å². The van der Waals surface area contributed by atoms with Crippen LogP contribution < -0.4 is 0 Å². The number of aromatic nitrogens is 2. The molecule has 0 aliphatic rings. The number of nitrogens with zero attached hydrogens (tertiary/aromatic N) is 2. The molecule has 96 valence electrons. The highest BCUT2D eigenvalue weighted by Crippen LogP contribution is 2.30. The van der Waals surface area contributed by atoms with Crippen molar-refractivity contribution in [3.8, 4) is 11.3 Å². The summed E-state index contributed by atoms with van der Waals surface area (Å²) in [5.74, 6) is 0. The molecule has 2 heterocycles. The number of fused-ring (bicyclic) bond motifs is 1. The molecule has 0 unspecified atom stereocenters. The summed E-state index contributed by atoms with van der Waals surface area (Å²) in [5.41, 5.74) is 4.13. The summed E-state index contributed by atoms with van der Waals surface area (Å²) in [4.78, 5) is 4.70. The topological polar surface area (TPSA) is 17.3 Å². The molecule has 5 heteroatoms. The van der Waals surface area contributed by atoms with Crippen LogP contribution in [0.25, 0.3) is 16.9 Å². The first-order valence-electron chi connectivity index (χ1n) is 5.65. The molecule has 0 aliphatic carbocycles. The van der Waals surface area contributed by atoms with E-state index in [1.54, 1.807) is 0 Å². The van der Waals surface area contributed by atoms with Crippen LogP contribution >= 0.6 is 47.8 Å². The van der Waals surface area contributed by atoms with Crippen molar-refractivity contribution in [1.82, 2.24) is 9.38 Å². The maximum Gasteiger partial charge on any atom is 0.152 e. The van der Waals surface area contributed by atoms with Gasteiger partial charge in [0.25, 0.3) is 0 Å². The van der Waals surface area contributed by atoms with Crippen LogP contribution in [-0.2, 0) is 0 Å². The van der Waals surface area contributed by atoms with Gasteiger partial charge in [0.2, 0.25) is 0 Å². The first-order valence-corrected chi connectivity index (χ1v) is 8.03. The fraction of sp³-hybridized carbons (Fsp3) is 0.0714. The molecule has 0 atom stereocenters. The minimum Gasteiger partial charge on any atom is -0.304 e. The van der Waals surface area contributed by atoms with Gasteiger partial charge in [-0.1, -0.05) is 28.1 Å². The lowest BCUT2D eigenvalue weighted by Gasteiger charge is -2.03. The second kappa shape index (κ2) is 5.04. The van der Waals surface area contributed by atoms with Crippen molar-refractivity contribution in [2.75, 3.05) is 0 Å². The Morgan fingerprint density at radius 1 is 1.11 bits per heavy atom. The van der Waals surface area contributed by atoms with Crippen LogP contribution in [0.2, 0.25) is 0 Å². The summed E-state index contributed by atoms with van der Waals surface area (Å²) in [6, 6.07) is 8.15. The van der Waals surface area contributed by atoms with Gasteiger partial charge < -0.3 is 4.40 Å². The van der Waals surface area contributed by atoms with Crippen molar-refractivity contribution >= 4 is 53.4 Å². The molecule has 0 spiro atoms. The van der Waals surface area contributed by atoms with Crippen LogP contribution in [0, 0.1) is 6.92 Å². The molecule has 19 heavy (non-hydrogen) atoms. The Kier molecular flexibility index (Phi) is 3.53. The average Bonchev–Trinajstić information content (AvgIpc) is 2.80. The van der Waals surface area contributed by atoms with Crippen molar-refractivity contribution in [3.63, 3.8) is 0 Å².